The van der Waals surface area contributed by atoms with Crippen LogP contribution in [-0.4, -0.2) is 49.7 Å². The average molecular weight is 310 g/mol. The monoisotopic (exact) mass is 309 g/mol. The summed E-state index contributed by atoms with van der Waals surface area (Å²) in [5.74, 6) is -0.716. The van der Waals surface area contributed by atoms with E-state index >= 15 is 0 Å². The molecular formula is C15H16ClNO4. The minimum absolute atomic E-state index is 0.160. The lowest BCUT2D eigenvalue weighted by atomic mass is 10.2. The van der Waals surface area contributed by atoms with Gasteiger partial charge in [0.25, 0.3) is 0 Å². The predicted molar refractivity (Wildman–Crippen MR) is 78.8 cm³/mol. The first-order valence-electron chi connectivity index (χ1n) is 6.51. The van der Waals surface area contributed by atoms with Gasteiger partial charge in [0.15, 0.2) is 6.04 Å². The van der Waals surface area contributed by atoms with Crippen molar-refractivity contribution in [3.63, 3.8) is 0 Å². The van der Waals surface area contributed by atoms with Crippen molar-refractivity contribution in [1.29, 1.82) is 0 Å². The van der Waals surface area contributed by atoms with E-state index in [-0.39, 0.29) is 12.5 Å². The molecule has 0 spiro atoms. The maximum absolute atomic E-state index is 12.2. The van der Waals surface area contributed by atoms with Gasteiger partial charge in [-0.1, -0.05) is 23.7 Å². The van der Waals surface area contributed by atoms with Crippen LogP contribution in [0.2, 0.25) is 5.02 Å². The summed E-state index contributed by atoms with van der Waals surface area (Å²) in [6, 6.07) is 6.42. The maximum atomic E-state index is 12.2. The molecule has 21 heavy (non-hydrogen) atoms. The van der Waals surface area contributed by atoms with Crippen LogP contribution in [-0.2, 0) is 19.1 Å². The first-order chi connectivity index (χ1) is 10.1. The molecule has 1 fully saturated rings. The number of hydrogen-bond donors (Lipinski definition) is 0. The molecule has 1 aromatic carbocycles. The van der Waals surface area contributed by atoms with E-state index in [0.29, 0.717) is 18.2 Å². The maximum Gasteiger partial charge on any atom is 0.331 e. The molecule has 2 rings (SSSR count). The van der Waals surface area contributed by atoms with Crippen molar-refractivity contribution in [2.24, 2.45) is 0 Å². The number of benzene rings is 1. The van der Waals surface area contributed by atoms with E-state index in [1.165, 1.54) is 18.1 Å². The Morgan fingerprint density at radius 3 is 2.76 bits per heavy atom. The molecule has 0 aromatic heterocycles. The summed E-state index contributed by atoms with van der Waals surface area (Å²) in [6.45, 7) is 0.935. The third kappa shape index (κ3) is 4.06. The summed E-state index contributed by atoms with van der Waals surface area (Å²) in [5, 5.41) is 0.636. The number of halogens is 1. The van der Waals surface area contributed by atoms with Crippen molar-refractivity contribution in [1.82, 2.24) is 4.90 Å². The third-order valence-electron chi connectivity index (χ3n) is 3.17. The fourth-order valence-electron chi connectivity index (χ4n) is 2.04. The molecule has 0 N–H and O–H groups in total. The molecule has 6 heteroatoms. The standard InChI is InChI=1S/C15H16ClNO4/c1-20-15(19)13-10-21-9-8-17(13)14(18)7-4-11-2-5-12(16)6-3-11/h2-7,13H,8-10H2,1H3/b7-4+. The number of esters is 1. The van der Waals surface area contributed by atoms with Crippen LogP contribution in [0.3, 0.4) is 0 Å². The highest BCUT2D eigenvalue weighted by molar-refractivity contribution is 6.30. The molecule has 5 nitrogen and oxygen atoms in total. The highest BCUT2D eigenvalue weighted by Gasteiger charge is 2.32. The van der Waals surface area contributed by atoms with Crippen LogP contribution >= 0.6 is 11.6 Å². The normalized spacial score (nSPS) is 18.8. The summed E-state index contributed by atoms with van der Waals surface area (Å²) in [4.78, 5) is 25.3. The molecule has 1 heterocycles. The van der Waals surface area contributed by atoms with Gasteiger partial charge in [-0.3, -0.25) is 4.79 Å². The Morgan fingerprint density at radius 2 is 2.10 bits per heavy atom. The first kappa shape index (κ1) is 15.5. The van der Waals surface area contributed by atoms with E-state index in [4.69, 9.17) is 21.1 Å². The second-order valence-corrected chi connectivity index (χ2v) is 4.97. The largest absolute Gasteiger partial charge is 0.467 e. The number of morpholine rings is 1. The highest BCUT2D eigenvalue weighted by Crippen LogP contribution is 2.13. The third-order valence-corrected chi connectivity index (χ3v) is 3.43. The van der Waals surface area contributed by atoms with Gasteiger partial charge in [0.05, 0.1) is 20.3 Å². The second kappa shape index (κ2) is 7.24. The smallest absolute Gasteiger partial charge is 0.331 e. The fraction of sp³-hybridized carbons (Fsp3) is 0.333. The Labute approximate surface area is 128 Å². The van der Waals surface area contributed by atoms with E-state index in [1.807, 2.05) is 12.1 Å². The molecule has 1 atom stereocenters. The van der Waals surface area contributed by atoms with Gasteiger partial charge in [0.1, 0.15) is 0 Å². The van der Waals surface area contributed by atoms with Crippen LogP contribution in [0.5, 0.6) is 0 Å². The van der Waals surface area contributed by atoms with Crippen LogP contribution in [0, 0.1) is 0 Å². The van der Waals surface area contributed by atoms with Gasteiger partial charge in [-0.2, -0.15) is 0 Å². The number of carbonyl (C=O) groups is 2. The van der Waals surface area contributed by atoms with Crippen LogP contribution in [0.4, 0.5) is 0 Å². The number of methoxy groups -OCH3 is 1. The molecule has 0 saturated carbocycles. The van der Waals surface area contributed by atoms with Crippen LogP contribution < -0.4 is 0 Å². The lowest BCUT2D eigenvalue weighted by molar-refractivity contribution is -0.158. The molecule has 0 bridgehead atoms. The summed E-state index contributed by atoms with van der Waals surface area (Å²) in [6.07, 6.45) is 3.12. The molecular weight excluding hydrogens is 294 g/mol. The van der Waals surface area contributed by atoms with Crippen molar-refractivity contribution in [3.8, 4) is 0 Å². The first-order valence-corrected chi connectivity index (χ1v) is 6.89. The number of hydrogen-bond acceptors (Lipinski definition) is 4. The molecule has 0 radical (unpaired) electrons. The minimum Gasteiger partial charge on any atom is -0.467 e. The molecule has 1 aliphatic heterocycles. The molecule has 1 amide bonds. The molecule has 1 unspecified atom stereocenters. The van der Waals surface area contributed by atoms with Gasteiger partial charge in [0, 0.05) is 17.6 Å². The zero-order chi connectivity index (χ0) is 15.2. The lowest BCUT2D eigenvalue weighted by Crippen LogP contribution is -2.52. The molecule has 112 valence electrons. The second-order valence-electron chi connectivity index (χ2n) is 4.53. The number of nitrogens with zero attached hydrogens (tertiary/aromatic N) is 1. The van der Waals surface area contributed by atoms with Crippen molar-refractivity contribution in [2.45, 2.75) is 6.04 Å². The Kier molecular flexibility index (Phi) is 5.36. The molecule has 0 aliphatic carbocycles. The highest BCUT2D eigenvalue weighted by atomic mass is 35.5. The Morgan fingerprint density at radius 1 is 1.38 bits per heavy atom. The fourth-order valence-corrected chi connectivity index (χ4v) is 2.16. The minimum atomic E-state index is -0.689. The van der Waals surface area contributed by atoms with Gasteiger partial charge in [-0.15, -0.1) is 0 Å². The summed E-state index contributed by atoms with van der Waals surface area (Å²) in [7, 11) is 1.29. The Hall–Kier alpha value is -1.85. The van der Waals surface area contributed by atoms with Crippen molar-refractivity contribution >= 4 is 29.6 Å². The van der Waals surface area contributed by atoms with Gasteiger partial charge >= 0.3 is 5.97 Å². The van der Waals surface area contributed by atoms with Crippen LogP contribution in [0.15, 0.2) is 30.3 Å². The number of carbonyl (C=O) groups excluding carboxylic acids is 2. The number of amides is 1. The van der Waals surface area contributed by atoms with Gasteiger partial charge in [-0.25, -0.2) is 4.79 Å². The average Bonchev–Trinajstić information content (AvgIpc) is 2.53. The van der Waals surface area contributed by atoms with Crippen LogP contribution in [0.25, 0.3) is 6.08 Å². The zero-order valence-corrected chi connectivity index (χ0v) is 12.4. The number of ether oxygens (including phenoxy) is 2. The van der Waals surface area contributed by atoms with Gasteiger partial charge < -0.3 is 14.4 Å². The van der Waals surface area contributed by atoms with Crippen LogP contribution in [0.1, 0.15) is 5.56 Å². The summed E-state index contributed by atoms with van der Waals surface area (Å²) < 4.78 is 9.92. The summed E-state index contributed by atoms with van der Waals surface area (Å²) >= 11 is 5.80. The molecule has 1 saturated heterocycles. The summed E-state index contributed by atoms with van der Waals surface area (Å²) in [5.41, 5.74) is 0.857. The van der Waals surface area contributed by atoms with E-state index in [2.05, 4.69) is 0 Å². The lowest BCUT2D eigenvalue weighted by Gasteiger charge is -2.32. The SMILES string of the molecule is COC(=O)C1COCCN1C(=O)/C=C/c1ccc(Cl)cc1. The van der Waals surface area contributed by atoms with Gasteiger partial charge in [0.2, 0.25) is 5.91 Å². The zero-order valence-electron chi connectivity index (χ0n) is 11.6. The van der Waals surface area contributed by atoms with E-state index in [0.717, 1.165) is 5.56 Å². The van der Waals surface area contributed by atoms with Gasteiger partial charge in [-0.05, 0) is 23.8 Å². The van der Waals surface area contributed by atoms with E-state index in [1.54, 1.807) is 18.2 Å². The molecule has 1 aliphatic rings. The van der Waals surface area contributed by atoms with Crippen molar-refractivity contribution in [2.75, 3.05) is 26.9 Å². The Bertz CT molecular complexity index is 541. The topological polar surface area (TPSA) is 55.8 Å². The van der Waals surface area contributed by atoms with Crippen molar-refractivity contribution < 1.29 is 19.1 Å². The molecule has 1 aromatic rings. The van der Waals surface area contributed by atoms with E-state index in [9.17, 15) is 9.59 Å². The van der Waals surface area contributed by atoms with Crippen molar-refractivity contribution in [3.05, 3.63) is 40.9 Å². The quantitative estimate of drug-likeness (QED) is 0.630. The predicted octanol–water partition coefficient (Wildman–Crippen LogP) is 1.75. The van der Waals surface area contributed by atoms with E-state index < -0.39 is 12.0 Å². The number of rotatable bonds is 3. The Balaban J connectivity index is 2.06.